The molecule has 0 aliphatic carbocycles. The van der Waals surface area contributed by atoms with Gasteiger partial charge in [-0.3, -0.25) is 20.8 Å². The smallest absolute Gasteiger partial charge is 0.227 e. The predicted octanol–water partition coefficient (Wildman–Crippen LogP) is 3.00. The van der Waals surface area contributed by atoms with Crippen LogP contribution < -0.4 is 16.3 Å². The van der Waals surface area contributed by atoms with Crippen LogP contribution in [0.4, 0.5) is 5.95 Å². The van der Waals surface area contributed by atoms with E-state index in [9.17, 15) is 0 Å². The second-order valence-electron chi connectivity index (χ2n) is 5.01. The van der Waals surface area contributed by atoms with Crippen molar-refractivity contribution in [2.75, 3.05) is 5.43 Å². The number of nitrogens with zero attached hydrogens (tertiary/aromatic N) is 3. The highest BCUT2D eigenvalue weighted by molar-refractivity contribution is 6.30. The van der Waals surface area contributed by atoms with E-state index in [4.69, 9.17) is 11.6 Å². The van der Waals surface area contributed by atoms with Gasteiger partial charge in [0, 0.05) is 5.02 Å². The Bertz CT molecular complexity index is 910. The molecule has 0 fully saturated rings. The van der Waals surface area contributed by atoms with Gasteiger partial charge in [-0.1, -0.05) is 35.9 Å². The molecule has 0 radical (unpaired) electrons. The Morgan fingerprint density at radius 1 is 1.09 bits per heavy atom. The lowest BCUT2D eigenvalue weighted by atomic mass is 10.2. The van der Waals surface area contributed by atoms with Crippen molar-refractivity contribution < 1.29 is 0 Å². The highest BCUT2D eigenvalue weighted by atomic mass is 35.5. The molecular formula is C16H13ClN6. The van der Waals surface area contributed by atoms with Gasteiger partial charge in [-0.25, -0.2) is 4.98 Å². The topological polar surface area (TPSA) is 66.3 Å². The fourth-order valence-electron chi connectivity index (χ4n) is 2.33. The van der Waals surface area contributed by atoms with Crippen LogP contribution in [-0.2, 0) is 0 Å². The van der Waals surface area contributed by atoms with Gasteiger partial charge in [-0.05, 0) is 29.8 Å². The van der Waals surface area contributed by atoms with Crippen molar-refractivity contribution in [3.05, 3.63) is 64.9 Å². The summed E-state index contributed by atoms with van der Waals surface area (Å²) in [5.41, 5.74) is 11.9. The molecule has 0 unspecified atom stereocenters. The Balaban J connectivity index is 1.55. The molecular weight excluding hydrogens is 312 g/mol. The number of rotatable bonds is 3. The number of hydrazine groups is 1. The molecule has 3 aromatic rings. The minimum atomic E-state index is 0.704. The summed E-state index contributed by atoms with van der Waals surface area (Å²) in [6.45, 7) is 0. The molecule has 1 aliphatic heterocycles. The standard InChI is InChI=1S/C16H13ClN6/c17-12-7-5-11(6-8-12)9-18-20-15-10-23-14-4-2-1-3-13(14)19-16(23)22-21-15/h1-10,20-21H,(H,19,22)/b18-9+. The van der Waals surface area contributed by atoms with Gasteiger partial charge in [-0.2, -0.15) is 5.10 Å². The number of aromatic nitrogens is 2. The number of benzene rings is 2. The van der Waals surface area contributed by atoms with Crippen LogP contribution in [0.15, 0.2) is 59.5 Å². The van der Waals surface area contributed by atoms with Crippen molar-refractivity contribution in [3.63, 3.8) is 0 Å². The van der Waals surface area contributed by atoms with Crippen LogP contribution in [0.3, 0.4) is 0 Å². The highest BCUT2D eigenvalue weighted by Crippen LogP contribution is 2.21. The molecule has 23 heavy (non-hydrogen) atoms. The van der Waals surface area contributed by atoms with E-state index < -0.39 is 0 Å². The minimum absolute atomic E-state index is 0.704. The van der Waals surface area contributed by atoms with Gasteiger partial charge in [0.25, 0.3) is 0 Å². The van der Waals surface area contributed by atoms with E-state index in [1.165, 1.54) is 0 Å². The van der Waals surface area contributed by atoms with Crippen LogP contribution in [0, 0.1) is 0 Å². The minimum Gasteiger partial charge on any atom is -0.281 e. The van der Waals surface area contributed by atoms with E-state index in [1.54, 1.807) is 6.21 Å². The van der Waals surface area contributed by atoms with Gasteiger partial charge in [0.2, 0.25) is 5.95 Å². The van der Waals surface area contributed by atoms with Crippen LogP contribution in [0.5, 0.6) is 0 Å². The third-order valence-electron chi connectivity index (χ3n) is 3.43. The van der Waals surface area contributed by atoms with E-state index in [2.05, 4.69) is 26.4 Å². The van der Waals surface area contributed by atoms with Gasteiger partial charge in [-0.15, -0.1) is 0 Å². The first-order chi connectivity index (χ1) is 11.3. The lowest BCUT2D eigenvalue weighted by Gasteiger charge is -2.18. The van der Waals surface area contributed by atoms with Crippen molar-refractivity contribution in [2.24, 2.45) is 5.10 Å². The molecule has 0 amide bonds. The van der Waals surface area contributed by atoms with Crippen molar-refractivity contribution in [1.82, 2.24) is 20.4 Å². The molecule has 2 heterocycles. The average molecular weight is 325 g/mol. The number of anilines is 1. The molecule has 3 N–H and O–H groups in total. The van der Waals surface area contributed by atoms with Crippen LogP contribution in [0.25, 0.3) is 17.2 Å². The molecule has 2 aromatic carbocycles. The number of hydrogen-bond donors (Lipinski definition) is 3. The van der Waals surface area contributed by atoms with Crippen molar-refractivity contribution >= 4 is 41.0 Å². The van der Waals surface area contributed by atoms with Crippen molar-refractivity contribution in [3.8, 4) is 0 Å². The quantitative estimate of drug-likeness (QED) is 0.512. The molecule has 1 aliphatic rings. The molecule has 1 aromatic heterocycles. The lowest BCUT2D eigenvalue weighted by Crippen LogP contribution is -2.32. The Hall–Kier alpha value is -2.99. The molecule has 0 bridgehead atoms. The SMILES string of the molecule is Clc1ccc(/C=N/NC2=Cn3c(nc4ccccc43)NN2)cc1. The van der Waals surface area contributed by atoms with Gasteiger partial charge in [0.15, 0.2) is 5.82 Å². The third-order valence-corrected chi connectivity index (χ3v) is 3.68. The number of hydrogen-bond acceptors (Lipinski definition) is 5. The van der Waals surface area contributed by atoms with Crippen molar-refractivity contribution in [2.45, 2.75) is 0 Å². The zero-order valence-electron chi connectivity index (χ0n) is 12.0. The fraction of sp³-hybridized carbons (Fsp3) is 0. The maximum atomic E-state index is 5.86. The Labute approximate surface area is 137 Å². The van der Waals surface area contributed by atoms with Crippen LogP contribution in [0.1, 0.15) is 5.56 Å². The molecule has 0 atom stereocenters. The van der Waals surface area contributed by atoms with Gasteiger partial charge in [0.05, 0.1) is 23.4 Å². The van der Waals surface area contributed by atoms with Gasteiger partial charge >= 0.3 is 0 Å². The predicted molar refractivity (Wildman–Crippen MR) is 92.9 cm³/mol. The lowest BCUT2D eigenvalue weighted by molar-refractivity contribution is 0.753. The van der Waals surface area contributed by atoms with Crippen molar-refractivity contribution in [1.29, 1.82) is 0 Å². The molecule has 4 rings (SSSR count). The third kappa shape index (κ3) is 2.72. The number of imidazole rings is 1. The molecule has 6 nitrogen and oxygen atoms in total. The first kappa shape index (κ1) is 13.7. The number of para-hydroxylation sites is 2. The first-order valence-corrected chi connectivity index (χ1v) is 7.43. The van der Waals surface area contributed by atoms with Gasteiger partial charge in [0.1, 0.15) is 0 Å². The molecule has 0 saturated heterocycles. The van der Waals surface area contributed by atoms with E-state index >= 15 is 0 Å². The van der Waals surface area contributed by atoms with E-state index in [0.29, 0.717) is 10.8 Å². The second-order valence-corrected chi connectivity index (χ2v) is 5.44. The Morgan fingerprint density at radius 3 is 2.78 bits per heavy atom. The van der Waals surface area contributed by atoms with Crippen LogP contribution >= 0.6 is 11.6 Å². The number of hydrazone groups is 1. The molecule has 7 heteroatoms. The zero-order valence-corrected chi connectivity index (χ0v) is 12.7. The highest BCUT2D eigenvalue weighted by Gasteiger charge is 2.13. The number of halogens is 1. The van der Waals surface area contributed by atoms with E-state index in [-0.39, 0.29) is 0 Å². The average Bonchev–Trinajstić information content (AvgIpc) is 2.95. The number of nitrogens with one attached hydrogen (secondary N) is 3. The van der Waals surface area contributed by atoms with Gasteiger partial charge < -0.3 is 0 Å². The maximum Gasteiger partial charge on any atom is 0.227 e. The van der Waals surface area contributed by atoms with Crippen LogP contribution in [-0.4, -0.2) is 15.8 Å². The summed E-state index contributed by atoms with van der Waals surface area (Å²) in [7, 11) is 0. The normalized spacial score (nSPS) is 13.3. The molecule has 114 valence electrons. The summed E-state index contributed by atoms with van der Waals surface area (Å²) in [5.74, 6) is 1.45. The summed E-state index contributed by atoms with van der Waals surface area (Å²) in [4.78, 5) is 4.49. The number of fused-ring (bicyclic) bond motifs is 3. The monoisotopic (exact) mass is 324 g/mol. The molecule has 0 spiro atoms. The Morgan fingerprint density at radius 2 is 1.91 bits per heavy atom. The zero-order chi connectivity index (χ0) is 15.6. The fourth-order valence-corrected chi connectivity index (χ4v) is 2.46. The summed E-state index contributed by atoms with van der Waals surface area (Å²) < 4.78 is 1.96. The second kappa shape index (κ2) is 5.66. The first-order valence-electron chi connectivity index (χ1n) is 7.05. The summed E-state index contributed by atoms with van der Waals surface area (Å²) in [6, 6.07) is 15.4. The maximum absolute atomic E-state index is 5.86. The van der Waals surface area contributed by atoms with E-state index in [1.807, 2.05) is 59.3 Å². The van der Waals surface area contributed by atoms with E-state index in [0.717, 1.165) is 22.5 Å². The summed E-state index contributed by atoms with van der Waals surface area (Å²) in [6.07, 6.45) is 3.63. The summed E-state index contributed by atoms with van der Waals surface area (Å²) >= 11 is 5.86. The largest absolute Gasteiger partial charge is 0.281 e. The summed E-state index contributed by atoms with van der Waals surface area (Å²) in [5, 5.41) is 4.91. The molecule has 0 saturated carbocycles. The Kier molecular flexibility index (Phi) is 3.36. The van der Waals surface area contributed by atoms with Crippen LogP contribution in [0.2, 0.25) is 5.02 Å².